The van der Waals surface area contributed by atoms with Gasteiger partial charge in [-0.15, -0.1) is 0 Å². The van der Waals surface area contributed by atoms with E-state index in [2.05, 4.69) is 34.4 Å². The first-order chi connectivity index (χ1) is 14.4. The molecule has 3 heterocycles. The van der Waals surface area contributed by atoms with E-state index in [0.29, 0.717) is 30.4 Å². The summed E-state index contributed by atoms with van der Waals surface area (Å²) in [4.78, 5) is 33.3. The fourth-order valence-electron chi connectivity index (χ4n) is 3.91. The Bertz CT molecular complexity index is 1080. The van der Waals surface area contributed by atoms with Gasteiger partial charge in [0.25, 0.3) is 5.91 Å². The molecule has 1 saturated heterocycles. The summed E-state index contributed by atoms with van der Waals surface area (Å²) in [7, 11) is 4.15. The lowest BCUT2D eigenvalue weighted by Crippen LogP contribution is -2.44. The Morgan fingerprint density at radius 1 is 1.13 bits per heavy atom. The number of imidazole rings is 1. The highest BCUT2D eigenvalue weighted by Gasteiger charge is 2.26. The minimum Gasteiger partial charge on any atom is -0.338 e. The Hall–Kier alpha value is -3.26. The molecule has 3 aromatic rings. The number of likely N-dealkylation sites (tertiary alicyclic amines) is 1. The summed E-state index contributed by atoms with van der Waals surface area (Å²) in [5.41, 5.74) is 3.32. The van der Waals surface area contributed by atoms with Crippen molar-refractivity contribution in [2.75, 3.05) is 32.5 Å². The maximum atomic E-state index is 13.2. The van der Waals surface area contributed by atoms with E-state index < -0.39 is 0 Å². The molecule has 30 heavy (non-hydrogen) atoms. The maximum absolute atomic E-state index is 13.2. The number of hydrogen-bond donors (Lipinski definition) is 1. The van der Waals surface area contributed by atoms with Gasteiger partial charge >= 0.3 is 0 Å². The largest absolute Gasteiger partial charge is 0.338 e. The summed E-state index contributed by atoms with van der Waals surface area (Å²) in [6, 6.07) is 9.72. The van der Waals surface area contributed by atoms with E-state index in [1.54, 1.807) is 23.0 Å². The van der Waals surface area contributed by atoms with Crippen molar-refractivity contribution in [3.05, 3.63) is 48.3 Å². The summed E-state index contributed by atoms with van der Waals surface area (Å²) in [6.07, 6.45) is 5.36. The second kappa shape index (κ2) is 8.23. The molecule has 8 nitrogen and oxygen atoms in total. The molecule has 0 atom stereocenters. The van der Waals surface area contributed by atoms with Crippen LogP contribution in [0.1, 0.15) is 30.1 Å². The molecule has 1 N–H and O–H groups in total. The normalized spacial score (nSPS) is 15.0. The molecule has 4 rings (SSSR count). The number of nitrogens with one attached hydrogen (secondary N) is 1. The van der Waals surface area contributed by atoms with E-state index in [9.17, 15) is 9.59 Å². The van der Waals surface area contributed by atoms with E-state index in [1.807, 2.05) is 29.2 Å². The molecule has 0 bridgehead atoms. The number of anilines is 1. The number of benzene rings is 1. The monoisotopic (exact) mass is 406 g/mol. The highest BCUT2D eigenvalue weighted by atomic mass is 16.2. The van der Waals surface area contributed by atoms with Crippen LogP contribution < -0.4 is 5.32 Å². The third kappa shape index (κ3) is 4.04. The van der Waals surface area contributed by atoms with Crippen LogP contribution in [0, 0.1) is 0 Å². The van der Waals surface area contributed by atoms with Gasteiger partial charge in [0.2, 0.25) is 5.91 Å². The molecule has 2 aromatic heterocycles. The van der Waals surface area contributed by atoms with E-state index in [1.165, 1.54) is 6.92 Å². The lowest BCUT2D eigenvalue weighted by atomic mass is 10.0. The Labute approximate surface area is 175 Å². The summed E-state index contributed by atoms with van der Waals surface area (Å²) in [5.74, 6) is -0.272. The van der Waals surface area contributed by atoms with Gasteiger partial charge in [0, 0.05) is 44.0 Å². The molecule has 1 fully saturated rings. The molecular weight excluding hydrogens is 380 g/mol. The van der Waals surface area contributed by atoms with Crippen LogP contribution in [0.15, 0.2) is 42.7 Å². The zero-order chi connectivity index (χ0) is 21.3. The molecule has 0 radical (unpaired) electrons. The summed E-state index contributed by atoms with van der Waals surface area (Å²) in [5, 5.41) is 7.38. The van der Waals surface area contributed by atoms with Gasteiger partial charge in [0.05, 0.1) is 16.9 Å². The van der Waals surface area contributed by atoms with Crippen molar-refractivity contribution in [2.45, 2.75) is 25.8 Å². The van der Waals surface area contributed by atoms with Crippen LogP contribution in [-0.4, -0.2) is 69.4 Å². The lowest BCUT2D eigenvalue weighted by Gasteiger charge is -2.35. The molecule has 1 aliphatic rings. The fourth-order valence-corrected chi connectivity index (χ4v) is 3.91. The summed E-state index contributed by atoms with van der Waals surface area (Å²) < 4.78 is 1.70. The van der Waals surface area contributed by atoms with Crippen LogP contribution in [0.25, 0.3) is 16.9 Å². The minimum absolute atomic E-state index is 0.0551. The average molecular weight is 406 g/mol. The highest BCUT2D eigenvalue weighted by molar-refractivity contribution is 6.04. The van der Waals surface area contributed by atoms with Gasteiger partial charge < -0.3 is 15.1 Å². The Morgan fingerprint density at radius 3 is 2.60 bits per heavy atom. The standard InChI is InChI=1S/C22H26N6O2/c1-15(29)24-20-14-16(19-6-7-21-23-10-13-28(21)25-19)4-5-18(20)22(30)27-11-8-17(9-12-27)26(2)3/h4-7,10,13-14,17H,8-9,11-12H2,1-3H3,(H,24,29). The summed E-state index contributed by atoms with van der Waals surface area (Å²) >= 11 is 0. The van der Waals surface area contributed by atoms with Crippen LogP contribution in [0.4, 0.5) is 5.69 Å². The molecule has 0 aliphatic carbocycles. The molecule has 156 valence electrons. The number of nitrogens with zero attached hydrogens (tertiary/aromatic N) is 5. The van der Waals surface area contributed by atoms with Gasteiger partial charge in [0.15, 0.2) is 5.65 Å². The second-order valence-electron chi connectivity index (χ2n) is 7.88. The molecule has 1 aliphatic heterocycles. The van der Waals surface area contributed by atoms with Crippen LogP contribution in [0.2, 0.25) is 0 Å². The predicted molar refractivity (Wildman–Crippen MR) is 115 cm³/mol. The minimum atomic E-state index is -0.217. The fraction of sp³-hybridized carbons (Fsp3) is 0.364. The second-order valence-corrected chi connectivity index (χ2v) is 7.88. The first-order valence-corrected chi connectivity index (χ1v) is 10.1. The summed E-state index contributed by atoms with van der Waals surface area (Å²) in [6.45, 7) is 2.86. The molecular formula is C22H26N6O2. The van der Waals surface area contributed by atoms with Crippen LogP contribution >= 0.6 is 0 Å². The zero-order valence-electron chi connectivity index (χ0n) is 17.5. The molecule has 2 amide bonds. The first-order valence-electron chi connectivity index (χ1n) is 10.1. The molecule has 0 saturated carbocycles. The number of carbonyl (C=O) groups excluding carboxylic acids is 2. The molecule has 0 unspecified atom stereocenters. The third-order valence-electron chi connectivity index (χ3n) is 5.59. The number of piperidine rings is 1. The smallest absolute Gasteiger partial charge is 0.255 e. The van der Waals surface area contributed by atoms with Crippen molar-refractivity contribution in [1.82, 2.24) is 24.4 Å². The van der Waals surface area contributed by atoms with Crippen LogP contribution in [0.5, 0.6) is 0 Å². The van der Waals surface area contributed by atoms with Crippen molar-refractivity contribution < 1.29 is 9.59 Å². The van der Waals surface area contributed by atoms with Gasteiger partial charge in [-0.1, -0.05) is 6.07 Å². The van der Waals surface area contributed by atoms with Crippen molar-refractivity contribution >= 4 is 23.1 Å². The van der Waals surface area contributed by atoms with Crippen molar-refractivity contribution in [2.24, 2.45) is 0 Å². The Balaban J connectivity index is 1.63. The SMILES string of the molecule is CC(=O)Nc1cc(-c2ccc3nccn3n2)ccc1C(=O)N1CCC(N(C)C)CC1. The number of rotatable bonds is 4. The van der Waals surface area contributed by atoms with E-state index >= 15 is 0 Å². The lowest BCUT2D eigenvalue weighted by molar-refractivity contribution is -0.114. The molecule has 0 spiro atoms. The predicted octanol–water partition coefficient (Wildman–Crippen LogP) is 2.52. The van der Waals surface area contributed by atoms with Gasteiger partial charge in [-0.3, -0.25) is 9.59 Å². The number of fused-ring (bicyclic) bond motifs is 1. The highest BCUT2D eigenvalue weighted by Crippen LogP contribution is 2.27. The van der Waals surface area contributed by atoms with Crippen molar-refractivity contribution in [3.63, 3.8) is 0 Å². The van der Waals surface area contributed by atoms with Gasteiger partial charge in [-0.25, -0.2) is 9.50 Å². The van der Waals surface area contributed by atoms with Crippen LogP contribution in [-0.2, 0) is 4.79 Å². The quantitative estimate of drug-likeness (QED) is 0.720. The van der Waals surface area contributed by atoms with E-state index in [-0.39, 0.29) is 11.8 Å². The van der Waals surface area contributed by atoms with Gasteiger partial charge in [0.1, 0.15) is 0 Å². The van der Waals surface area contributed by atoms with Gasteiger partial charge in [-0.05, 0) is 51.2 Å². The van der Waals surface area contributed by atoms with E-state index in [4.69, 9.17) is 0 Å². The number of carbonyl (C=O) groups is 2. The van der Waals surface area contributed by atoms with E-state index in [0.717, 1.165) is 29.7 Å². The van der Waals surface area contributed by atoms with Crippen molar-refractivity contribution in [3.8, 4) is 11.3 Å². The molecule has 1 aromatic carbocycles. The zero-order valence-corrected chi connectivity index (χ0v) is 17.5. The number of aromatic nitrogens is 3. The first kappa shape index (κ1) is 20.0. The van der Waals surface area contributed by atoms with Gasteiger partial charge in [-0.2, -0.15) is 5.10 Å². The number of amides is 2. The van der Waals surface area contributed by atoms with Crippen LogP contribution in [0.3, 0.4) is 0 Å². The maximum Gasteiger partial charge on any atom is 0.255 e. The third-order valence-corrected chi connectivity index (χ3v) is 5.59. The Kier molecular flexibility index (Phi) is 5.50. The topological polar surface area (TPSA) is 82.8 Å². The average Bonchev–Trinajstić information content (AvgIpc) is 3.21. The van der Waals surface area contributed by atoms with Crippen molar-refractivity contribution in [1.29, 1.82) is 0 Å². The Morgan fingerprint density at radius 2 is 1.90 bits per heavy atom. The number of hydrogen-bond acceptors (Lipinski definition) is 5. The molecule has 8 heteroatoms.